The summed E-state index contributed by atoms with van der Waals surface area (Å²) in [6.45, 7) is 0. The van der Waals surface area contributed by atoms with E-state index in [9.17, 15) is 9.59 Å². The Morgan fingerprint density at radius 3 is 1.25 bits per heavy atom. The molecule has 0 spiro atoms. The minimum absolute atomic E-state index is 0.149. The second-order valence-electron chi connectivity index (χ2n) is 13.8. The molecular formula is C48H32N6O2. The zero-order valence-corrected chi connectivity index (χ0v) is 29.9. The molecule has 2 heterocycles. The lowest BCUT2D eigenvalue weighted by molar-refractivity contribution is 0.102. The van der Waals surface area contributed by atoms with Gasteiger partial charge in [0.05, 0.1) is 22.1 Å². The van der Waals surface area contributed by atoms with Crippen molar-refractivity contribution in [2.45, 2.75) is 0 Å². The fraction of sp³-hybridized carbons (Fsp3) is 0. The lowest BCUT2D eigenvalue weighted by atomic mass is 10.0. The highest BCUT2D eigenvalue weighted by atomic mass is 16.2. The van der Waals surface area contributed by atoms with Gasteiger partial charge in [0.25, 0.3) is 11.8 Å². The normalized spacial score (nSPS) is 11.4. The molecule has 0 radical (unpaired) electrons. The Hall–Kier alpha value is -7.84. The highest BCUT2D eigenvalue weighted by Gasteiger charge is 2.14. The second kappa shape index (κ2) is 13.5. The molecule has 2 aromatic heterocycles. The number of anilines is 2. The molecule has 8 heteroatoms. The first-order valence-corrected chi connectivity index (χ1v) is 18.3. The Morgan fingerprint density at radius 1 is 0.411 bits per heavy atom. The number of aromatic amines is 2. The van der Waals surface area contributed by atoms with Crippen LogP contribution in [0.5, 0.6) is 0 Å². The number of nitrogens with zero attached hydrogens (tertiary/aromatic N) is 2. The van der Waals surface area contributed by atoms with Crippen LogP contribution in [0.3, 0.4) is 0 Å². The number of amides is 2. The minimum Gasteiger partial charge on any atom is -0.338 e. The number of rotatable bonds is 7. The molecule has 0 aliphatic heterocycles. The van der Waals surface area contributed by atoms with Crippen molar-refractivity contribution in [3.8, 4) is 33.9 Å². The van der Waals surface area contributed by atoms with Crippen molar-refractivity contribution in [1.29, 1.82) is 0 Å². The van der Waals surface area contributed by atoms with Crippen molar-refractivity contribution < 1.29 is 9.59 Å². The summed E-state index contributed by atoms with van der Waals surface area (Å²) in [7, 11) is 0. The Bertz CT molecular complexity index is 2900. The van der Waals surface area contributed by atoms with Crippen LogP contribution in [-0.2, 0) is 0 Å². The smallest absolute Gasteiger partial charge is 0.256 e. The number of H-pyrrole nitrogens is 2. The van der Waals surface area contributed by atoms with Crippen LogP contribution < -0.4 is 10.6 Å². The van der Waals surface area contributed by atoms with Gasteiger partial charge in [-0.15, -0.1) is 0 Å². The number of hydrogen-bond donors (Lipinski definition) is 4. The van der Waals surface area contributed by atoms with Crippen LogP contribution in [0.2, 0.25) is 0 Å². The maximum atomic E-state index is 13.1. The largest absolute Gasteiger partial charge is 0.338 e. The average Bonchev–Trinajstić information content (AvgIpc) is 3.88. The van der Waals surface area contributed by atoms with E-state index in [-0.39, 0.29) is 11.8 Å². The molecule has 0 bridgehead atoms. The third-order valence-electron chi connectivity index (χ3n) is 10.2. The van der Waals surface area contributed by atoms with E-state index in [0.29, 0.717) is 22.5 Å². The van der Waals surface area contributed by atoms with Crippen LogP contribution >= 0.6 is 0 Å². The van der Waals surface area contributed by atoms with Crippen LogP contribution in [0.1, 0.15) is 20.7 Å². The number of imidazole rings is 2. The predicted molar refractivity (Wildman–Crippen MR) is 226 cm³/mol. The van der Waals surface area contributed by atoms with E-state index in [1.807, 2.05) is 146 Å². The van der Waals surface area contributed by atoms with Gasteiger partial charge in [0, 0.05) is 33.6 Å². The average molecular weight is 725 g/mol. The van der Waals surface area contributed by atoms with E-state index in [1.165, 1.54) is 0 Å². The minimum atomic E-state index is -0.149. The number of aromatic nitrogens is 4. The molecule has 0 fully saturated rings. The van der Waals surface area contributed by atoms with Crippen molar-refractivity contribution in [3.63, 3.8) is 0 Å². The van der Waals surface area contributed by atoms with E-state index in [2.05, 4.69) is 44.9 Å². The van der Waals surface area contributed by atoms with Crippen molar-refractivity contribution in [3.05, 3.63) is 181 Å². The van der Waals surface area contributed by atoms with Gasteiger partial charge < -0.3 is 20.6 Å². The molecule has 0 saturated carbocycles. The van der Waals surface area contributed by atoms with Crippen molar-refractivity contribution in [2.75, 3.05) is 10.6 Å². The van der Waals surface area contributed by atoms with Crippen LogP contribution in [0, 0.1) is 0 Å². The van der Waals surface area contributed by atoms with Crippen molar-refractivity contribution in [1.82, 2.24) is 19.9 Å². The summed E-state index contributed by atoms with van der Waals surface area (Å²) in [5, 5.41) is 9.96. The number of carbonyl (C=O) groups is 2. The summed E-state index contributed by atoms with van der Waals surface area (Å²) < 4.78 is 0. The number of hydrogen-bond acceptors (Lipinski definition) is 4. The van der Waals surface area contributed by atoms with Crippen LogP contribution in [-0.4, -0.2) is 31.8 Å². The zero-order valence-electron chi connectivity index (χ0n) is 29.9. The highest BCUT2D eigenvalue weighted by molar-refractivity contribution is 6.14. The molecule has 4 N–H and O–H groups in total. The molecule has 8 aromatic carbocycles. The van der Waals surface area contributed by atoms with Crippen LogP contribution in [0.25, 0.3) is 77.5 Å². The van der Waals surface area contributed by atoms with E-state index in [4.69, 9.17) is 9.97 Å². The van der Waals surface area contributed by atoms with Gasteiger partial charge in [0.15, 0.2) is 0 Å². The van der Waals surface area contributed by atoms with Crippen LogP contribution in [0.15, 0.2) is 170 Å². The fourth-order valence-electron chi connectivity index (χ4n) is 7.32. The first-order chi connectivity index (χ1) is 27.5. The molecule has 10 rings (SSSR count). The molecule has 266 valence electrons. The van der Waals surface area contributed by atoms with Gasteiger partial charge in [-0.05, 0) is 118 Å². The van der Waals surface area contributed by atoms with E-state index in [1.54, 1.807) is 0 Å². The van der Waals surface area contributed by atoms with Crippen molar-refractivity contribution >= 4 is 66.8 Å². The molecule has 56 heavy (non-hydrogen) atoms. The maximum Gasteiger partial charge on any atom is 0.256 e. The highest BCUT2D eigenvalue weighted by Crippen LogP contribution is 2.31. The number of nitrogens with one attached hydrogen (secondary N) is 4. The number of benzene rings is 8. The number of carbonyl (C=O) groups excluding carboxylic acids is 2. The summed E-state index contributed by atoms with van der Waals surface area (Å²) in [5.41, 5.74) is 10.2. The Kier molecular flexibility index (Phi) is 7.92. The zero-order chi connectivity index (χ0) is 37.6. The molecule has 0 saturated heterocycles. The SMILES string of the molecule is O=C(Nc1ccc(-c2nc3ccc(-c4ccc5nc(-c6ccc(NC(=O)c7cccc8ccccc78)cc6)[nH]c5c4)cc3[nH]2)cc1)c1cccc2ccccc12. The van der Waals surface area contributed by atoms with Crippen molar-refractivity contribution in [2.24, 2.45) is 0 Å². The summed E-state index contributed by atoms with van der Waals surface area (Å²) in [4.78, 5) is 42.9. The Morgan fingerprint density at radius 2 is 0.804 bits per heavy atom. The van der Waals surface area contributed by atoms with Gasteiger partial charge >= 0.3 is 0 Å². The molecule has 2 amide bonds. The topological polar surface area (TPSA) is 116 Å². The quantitative estimate of drug-likeness (QED) is 0.131. The molecule has 0 unspecified atom stereocenters. The summed E-state index contributed by atoms with van der Waals surface area (Å²) in [5.74, 6) is 1.20. The Labute approximate surface area is 320 Å². The van der Waals surface area contributed by atoms with Gasteiger partial charge in [-0.3, -0.25) is 9.59 Å². The first-order valence-electron chi connectivity index (χ1n) is 18.3. The van der Waals surface area contributed by atoms with E-state index in [0.717, 1.165) is 77.5 Å². The van der Waals surface area contributed by atoms with Crippen LogP contribution in [0.4, 0.5) is 11.4 Å². The molecular weight excluding hydrogens is 693 g/mol. The molecule has 0 aliphatic rings. The molecule has 8 nitrogen and oxygen atoms in total. The standard InChI is InChI=1S/C48H32N6O2/c55-47(39-13-5-9-29-7-1-3-11-37(29)39)49-35-21-15-31(16-22-35)45-51-41-25-19-33(27-43(41)53-45)34-20-26-42-44(28-34)54-46(52-42)32-17-23-36(24-18-32)50-48(56)40-14-6-10-30-8-2-4-12-38(30)40/h1-28H,(H,49,55)(H,50,56)(H,51,53)(H,52,54). The maximum absolute atomic E-state index is 13.1. The summed E-state index contributed by atoms with van der Waals surface area (Å²) in [6, 6.07) is 55.1. The summed E-state index contributed by atoms with van der Waals surface area (Å²) >= 11 is 0. The molecule has 10 aromatic rings. The van der Waals surface area contributed by atoms with E-state index >= 15 is 0 Å². The van der Waals surface area contributed by atoms with Gasteiger partial charge in [-0.1, -0.05) is 84.9 Å². The predicted octanol–water partition coefficient (Wildman–Crippen LogP) is 11.3. The molecule has 0 aliphatic carbocycles. The van der Waals surface area contributed by atoms with Gasteiger partial charge in [0.1, 0.15) is 11.6 Å². The fourth-order valence-corrected chi connectivity index (χ4v) is 7.32. The second-order valence-corrected chi connectivity index (χ2v) is 13.8. The molecule has 0 atom stereocenters. The number of fused-ring (bicyclic) bond motifs is 4. The van der Waals surface area contributed by atoms with Gasteiger partial charge in [-0.2, -0.15) is 0 Å². The lowest BCUT2D eigenvalue weighted by Gasteiger charge is -2.08. The summed E-state index contributed by atoms with van der Waals surface area (Å²) in [6.07, 6.45) is 0. The monoisotopic (exact) mass is 724 g/mol. The van der Waals surface area contributed by atoms with Gasteiger partial charge in [0.2, 0.25) is 0 Å². The Balaban J connectivity index is 0.840. The lowest BCUT2D eigenvalue weighted by Crippen LogP contribution is -2.12. The first kappa shape index (κ1) is 32.8. The third kappa shape index (κ3) is 6.11. The van der Waals surface area contributed by atoms with E-state index < -0.39 is 0 Å². The van der Waals surface area contributed by atoms with Gasteiger partial charge in [-0.25, -0.2) is 9.97 Å². The third-order valence-corrected chi connectivity index (χ3v) is 10.2.